The monoisotopic (exact) mass is 278 g/mol. The highest BCUT2D eigenvalue weighted by Crippen LogP contribution is 2.16. The van der Waals surface area contributed by atoms with Crippen LogP contribution < -0.4 is 5.32 Å². The summed E-state index contributed by atoms with van der Waals surface area (Å²) in [4.78, 5) is 19.5. The van der Waals surface area contributed by atoms with Crippen molar-refractivity contribution in [1.82, 2.24) is 19.6 Å². The number of amides is 2. The third-order valence-corrected chi connectivity index (χ3v) is 4.40. The third kappa shape index (κ3) is 2.58. The van der Waals surface area contributed by atoms with Crippen LogP contribution in [-0.4, -0.2) is 32.9 Å². The zero-order valence-electron chi connectivity index (χ0n) is 11.0. The Balaban J connectivity index is 1.59. The standard InChI is InChI=1S/C13H18N4OS/c1-10-4-2-3-5-17(10)12(18)14-8-11-9-16-6-7-19-13(16)15-11/h6-7,9-10H,2-5,8H2,1H3,(H,14,18). The average molecular weight is 278 g/mol. The summed E-state index contributed by atoms with van der Waals surface area (Å²) in [5.74, 6) is 0. The van der Waals surface area contributed by atoms with Gasteiger partial charge in [-0.25, -0.2) is 9.78 Å². The Morgan fingerprint density at radius 3 is 3.26 bits per heavy atom. The van der Waals surface area contributed by atoms with Gasteiger partial charge in [0.2, 0.25) is 0 Å². The van der Waals surface area contributed by atoms with Gasteiger partial charge in [-0.2, -0.15) is 0 Å². The van der Waals surface area contributed by atoms with Gasteiger partial charge in [0.1, 0.15) is 0 Å². The zero-order valence-corrected chi connectivity index (χ0v) is 11.8. The smallest absolute Gasteiger partial charge is 0.317 e. The number of nitrogens with zero attached hydrogens (tertiary/aromatic N) is 3. The minimum Gasteiger partial charge on any atom is -0.332 e. The Bertz CT molecular complexity index is 547. The van der Waals surface area contributed by atoms with Crippen LogP contribution in [0.15, 0.2) is 17.8 Å². The molecule has 0 spiro atoms. The average Bonchev–Trinajstić information content (AvgIpc) is 2.97. The summed E-state index contributed by atoms with van der Waals surface area (Å²) in [5.41, 5.74) is 0.907. The molecule has 19 heavy (non-hydrogen) atoms. The summed E-state index contributed by atoms with van der Waals surface area (Å²) in [6.45, 7) is 3.48. The van der Waals surface area contributed by atoms with Gasteiger partial charge in [-0.15, -0.1) is 11.3 Å². The fourth-order valence-electron chi connectivity index (χ4n) is 2.53. The first-order valence-electron chi connectivity index (χ1n) is 6.69. The van der Waals surface area contributed by atoms with Crippen LogP contribution in [0.1, 0.15) is 31.9 Å². The van der Waals surface area contributed by atoms with Crippen molar-refractivity contribution in [3.8, 4) is 0 Å². The lowest BCUT2D eigenvalue weighted by Crippen LogP contribution is -2.47. The van der Waals surface area contributed by atoms with Gasteiger partial charge in [0.15, 0.2) is 4.96 Å². The van der Waals surface area contributed by atoms with Gasteiger partial charge in [-0.1, -0.05) is 0 Å². The Kier molecular flexibility index (Phi) is 3.42. The number of carbonyl (C=O) groups excluding carboxylic acids is 1. The highest BCUT2D eigenvalue weighted by atomic mass is 32.1. The molecule has 5 nitrogen and oxygen atoms in total. The van der Waals surface area contributed by atoms with Crippen molar-refractivity contribution >= 4 is 22.3 Å². The normalized spacial score (nSPS) is 19.8. The van der Waals surface area contributed by atoms with Crippen molar-refractivity contribution in [2.75, 3.05) is 6.54 Å². The lowest BCUT2D eigenvalue weighted by atomic mass is 10.0. The van der Waals surface area contributed by atoms with Gasteiger partial charge in [-0.05, 0) is 26.2 Å². The minimum absolute atomic E-state index is 0.0311. The zero-order chi connectivity index (χ0) is 13.2. The lowest BCUT2D eigenvalue weighted by molar-refractivity contribution is 0.157. The van der Waals surface area contributed by atoms with Crippen LogP contribution in [0.3, 0.4) is 0 Å². The number of likely N-dealkylation sites (tertiary alicyclic amines) is 1. The van der Waals surface area contributed by atoms with Crippen LogP contribution in [0.2, 0.25) is 0 Å². The summed E-state index contributed by atoms with van der Waals surface area (Å²) in [6, 6.07) is 0.378. The number of urea groups is 1. The topological polar surface area (TPSA) is 49.6 Å². The molecule has 2 aromatic heterocycles. The number of rotatable bonds is 2. The molecule has 6 heteroatoms. The quantitative estimate of drug-likeness (QED) is 0.917. The van der Waals surface area contributed by atoms with Gasteiger partial charge in [0.05, 0.1) is 12.2 Å². The first-order valence-corrected chi connectivity index (χ1v) is 7.57. The number of thiazole rings is 1. The number of aromatic nitrogens is 2. The van der Waals surface area contributed by atoms with E-state index in [-0.39, 0.29) is 6.03 Å². The minimum atomic E-state index is 0.0311. The second-order valence-corrected chi connectivity index (χ2v) is 5.90. The second kappa shape index (κ2) is 5.21. The number of piperidine rings is 1. The first kappa shape index (κ1) is 12.5. The molecule has 1 atom stereocenters. The Hall–Kier alpha value is -1.56. The molecule has 0 aromatic carbocycles. The number of imidazole rings is 1. The van der Waals surface area contributed by atoms with E-state index in [1.165, 1.54) is 6.42 Å². The molecule has 0 saturated carbocycles. The summed E-state index contributed by atoms with van der Waals surface area (Å²) >= 11 is 1.60. The predicted molar refractivity (Wildman–Crippen MR) is 75.3 cm³/mol. The molecule has 0 aliphatic carbocycles. The maximum atomic E-state index is 12.1. The van der Waals surface area contributed by atoms with Crippen LogP contribution >= 0.6 is 11.3 Å². The molecule has 3 heterocycles. The van der Waals surface area contributed by atoms with E-state index in [4.69, 9.17) is 0 Å². The summed E-state index contributed by atoms with van der Waals surface area (Å²) < 4.78 is 1.98. The number of carbonyl (C=O) groups is 1. The van der Waals surface area contributed by atoms with Crippen molar-refractivity contribution in [2.24, 2.45) is 0 Å². The third-order valence-electron chi connectivity index (χ3n) is 3.63. The number of hydrogen-bond acceptors (Lipinski definition) is 3. The van der Waals surface area contributed by atoms with E-state index in [9.17, 15) is 4.79 Å². The van der Waals surface area contributed by atoms with Gasteiger partial charge in [0, 0.05) is 30.4 Å². The van der Waals surface area contributed by atoms with Crippen molar-refractivity contribution in [3.05, 3.63) is 23.5 Å². The summed E-state index contributed by atoms with van der Waals surface area (Å²) in [5, 5.41) is 4.97. The van der Waals surface area contributed by atoms with Gasteiger partial charge >= 0.3 is 6.03 Å². The predicted octanol–water partition coefficient (Wildman–Crippen LogP) is 2.48. The SMILES string of the molecule is CC1CCCCN1C(=O)NCc1cn2ccsc2n1. The molecular weight excluding hydrogens is 260 g/mol. The maximum absolute atomic E-state index is 12.1. The van der Waals surface area contributed by atoms with Crippen LogP contribution in [0.4, 0.5) is 4.79 Å². The van der Waals surface area contributed by atoms with Gasteiger partial charge in [-0.3, -0.25) is 4.40 Å². The molecule has 0 radical (unpaired) electrons. The molecule has 1 unspecified atom stereocenters. The van der Waals surface area contributed by atoms with E-state index >= 15 is 0 Å². The van der Waals surface area contributed by atoms with E-state index in [1.54, 1.807) is 11.3 Å². The number of fused-ring (bicyclic) bond motifs is 1. The molecule has 2 amide bonds. The van der Waals surface area contributed by atoms with E-state index in [0.29, 0.717) is 12.6 Å². The molecule has 1 fully saturated rings. The fraction of sp³-hybridized carbons (Fsp3) is 0.538. The Labute approximate surface area is 116 Å². The van der Waals surface area contributed by atoms with Crippen molar-refractivity contribution in [3.63, 3.8) is 0 Å². The van der Waals surface area contributed by atoms with Crippen molar-refractivity contribution < 1.29 is 4.79 Å². The second-order valence-electron chi connectivity index (χ2n) is 5.02. The summed E-state index contributed by atoms with van der Waals surface area (Å²) in [7, 11) is 0. The Morgan fingerprint density at radius 1 is 1.58 bits per heavy atom. The summed E-state index contributed by atoms with van der Waals surface area (Å²) in [6.07, 6.45) is 7.38. The molecule has 102 valence electrons. The molecule has 3 rings (SSSR count). The van der Waals surface area contributed by atoms with Gasteiger partial charge in [0.25, 0.3) is 0 Å². The van der Waals surface area contributed by atoms with Crippen LogP contribution in [-0.2, 0) is 6.54 Å². The van der Waals surface area contributed by atoms with E-state index in [2.05, 4.69) is 17.2 Å². The molecule has 1 saturated heterocycles. The maximum Gasteiger partial charge on any atom is 0.317 e. The van der Waals surface area contributed by atoms with Crippen molar-refractivity contribution in [1.29, 1.82) is 0 Å². The van der Waals surface area contributed by atoms with E-state index < -0.39 is 0 Å². The van der Waals surface area contributed by atoms with Crippen LogP contribution in [0.25, 0.3) is 4.96 Å². The largest absolute Gasteiger partial charge is 0.332 e. The number of nitrogens with one attached hydrogen (secondary N) is 1. The lowest BCUT2D eigenvalue weighted by Gasteiger charge is -2.33. The molecule has 1 aliphatic heterocycles. The van der Waals surface area contributed by atoms with E-state index in [0.717, 1.165) is 30.0 Å². The molecule has 0 bridgehead atoms. The Morgan fingerprint density at radius 2 is 2.47 bits per heavy atom. The fourth-order valence-corrected chi connectivity index (χ4v) is 3.25. The number of hydrogen-bond donors (Lipinski definition) is 1. The molecule has 1 N–H and O–H groups in total. The van der Waals surface area contributed by atoms with Crippen LogP contribution in [0.5, 0.6) is 0 Å². The highest BCUT2D eigenvalue weighted by Gasteiger charge is 2.22. The first-order chi connectivity index (χ1) is 9.24. The highest BCUT2D eigenvalue weighted by molar-refractivity contribution is 7.15. The molecule has 2 aromatic rings. The van der Waals surface area contributed by atoms with Crippen LogP contribution in [0, 0.1) is 0 Å². The molecular formula is C13H18N4OS. The molecule has 1 aliphatic rings. The van der Waals surface area contributed by atoms with Crippen molar-refractivity contribution in [2.45, 2.75) is 38.8 Å². The van der Waals surface area contributed by atoms with E-state index in [1.807, 2.05) is 27.1 Å². The van der Waals surface area contributed by atoms with Gasteiger partial charge < -0.3 is 10.2 Å².